The van der Waals surface area contributed by atoms with E-state index in [0.717, 1.165) is 12.8 Å². The van der Waals surface area contributed by atoms with Crippen molar-refractivity contribution in [2.75, 3.05) is 25.1 Å². The third kappa shape index (κ3) is 3.15. The smallest absolute Gasteiger partial charge is 0.200 e. The van der Waals surface area contributed by atoms with Crippen LogP contribution in [0.2, 0.25) is 0 Å². The van der Waals surface area contributed by atoms with Gasteiger partial charge in [0.1, 0.15) is 5.69 Å². The van der Waals surface area contributed by atoms with Crippen molar-refractivity contribution in [1.29, 1.82) is 0 Å². The quantitative estimate of drug-likeness (QED) is 0.374. The second-order valence-electron chi connectivity index (χ2n) is 4.39. The molecule has 106 valence electrons. The van der Waals surface area contributed by atoms with Crippen LogP contribution in [0.5, 0.6) is 0 Å². The fourth-order valence-electron chi connectivity index (χ4n) is 1.54. The standard InChI is InChI=1S/C12H12F5NO/c13-7-8(14)10(16)12(11(17)9(7)15)18-3-4-19-5-6-1-2-6/h6,18H,1-5H2. The van der Waals surface area contributed by atoms with Crippen LogP contribution in [0.4, 0.5) is 27.6 Å². The number of ether oxygens (including phenoxy) is 1. The van der Waals surface area contributed by atoms with Crippen LogP contribution >= 0.6 is 0 Å². The van der Waals surface area contributed by atoms with Crippen LogP contribution in [0.1, 0.15) is 12.8 Å². The molecule has 0 atom stereocenters. The van der Waals surface area contributed by atoms with E-state index < -0.39 is 34.8 Å². The Bertz CT molecular complexity index is 447. The van der Waals surface area contributed by atoms with Crippen molar-refractivity contribution in [3.05, 3.63) is 29.1 Å². The largest absolute Gasteiger partial charge is 0.379 e. The minimum atomic E-state index is -2.16. The summed E-state index contributed by atoms with van der Waals surface area (Å²) in [4.78, 5) is 0. The molecule has 0 bridgehead atoms. The summed E-state index contributed by atoms with van der Waals surface area (Å²) in [6.45, 7) is 0.653. The van der Waals surface area contributed by atoms with Crippen molar-refractivity contribution in [3.63, 3.8) is 0 Å². The van der Waals surface area contributed by atoms with E-state index in [-0.39, 0.29) is 13.2 Å². The Kier molecular flexibility index (Phi) is 4.24. The van der Waals surface area contributed by atoms with Gasteiger partial charge in [-0.05, 0) is 18.8 Å². The number of benzene rings is 1. The normalized spacial score (nSPS) is 14.8. The van der Waals surface area contributed by atoms with Crippen molar-refractivity contribution in [2.24, 2.45) is 5.92 Å². The average Bonchev–Trinajstić information content (AvgIpc) is 3.21. The van der Waals surface area contributed by atoms with Crippen molar-refractivity contribution in [3.8, 4) is 0 Å². The van der Waals surface area contributed by atoms with Gasteiger partial charge in [0, 0.05) is 13.2 Å². The first-order chi connectivity index (χ1) is 9.02. The van der Waals surface area contributed by atoms with Gasteiger partial charge in [-0.15, -0.1) is 0 Å². The third-order valence-electron chi connectivity index (χ3n) is 2.81. The topological polar surface area (TPSA) is 21.3 Å². The molecule has 0 spiro atoms. The molecule has 1 aliphatic rings. The van der Waals surface area contributed by atoms with Crippen LogP contribution in [-0.4, -0.2) is 19.8 Å². The molecule has 1 aliphatic carbocycles. The van der Waals surface area contributed by atoms with Gasteiger partial charge in [0.05, 0.1) is 6.61 Å². The molecular weight excluding hydrogens is 269 g/mol. The maximum absolute atomic E-state index is 13.2. The first kappa shape index (κ1) is 14.0. The molecule has 2 rings (SSSR count). The molecule has 0 unspecified atom stereocenters. The molecule has 0 amide bonds. The number of halogens is 5. The average molecular weight is 281 g/mol. The van der Waals surface area contributed by atoms with Gasteiger partial charge in [0.15, 0.2) is 23.3 Å². The van der Waals surface area contributed by atoms with Crippen LogP contribution in [-0.2, 0) is 4.74 Å². The molecule has 0 aromatic heterocycles. The summed E-state index contributed by atoms with van der Waals surface area (Å²) in [7, 11) is 0. The van der Waals surface area contributed by atoms with Crippen LogP contribution in [0.3, 0.4) is 0 Å². The van der Waals surface area contributed by atoms with E-state index in [1.807, 2.05) is 0 Å². The zero-order chi connectivity index (χ0) is 14.0. The van der Waals surface area contributed by atoms with Crippen molar-refractivity contribution < 1.29 is 26.7 Å². The highest BCUT2D eigenvalue weighted by atomic mass is 19.2. The fraction of sp³-hybridized carbons (Fsp3) is 0.500. The highest BCUT2D eigenvalue weighted by Gasteiger charge is 2.25. The first-order valence-electron chi connectivity index (χ1n) is 5.85. The van der Waals surface area contributed by atoms with Crippen LogP contribution < -0.4 is 5.32 Å². The molecule has 0 aliphatic heterocycles. The summed E-state index contributed by atoms with van der Waals surface area (Å²) < 4.78 is 70.1. The molecule has 2 nitrogen and oxygen atoms in total. The summed E-state index contributed by atoms with van der Waals surface area (Å²) >= 11 is 0. The lowest BCUT2D eigenvalue weighted by Gasteiger charge is -2.10. The molecule has 0 heterocycles. The first-order valence-corrected chi connectivity index (χ1v) is 5.85. The predicted octanol–water partition coefficient (Wildman–Crippen LogP) is 3.22. The maximum atomic E-state index is 13.2. The zero-order valence-corrected chi connectivity index (χ0v) is 9.91. The molecule has 0 saturated heterocycles. The van der Waals surface area contributed by atoms with E-state index in [2.05, 4.69) is 5.32 Å². The van der Waals surface area contributed by atoms with E-state index >= 15 is 0 Å². The molecule has 0 radical (unpaired) electrons. The molecular formula is C12H12F5NO. The summed E-state index contributed by atoms with van der Waals surface area (Å²) in [5.74, 6) is -9.27. The Morgan fingerprint density at radius 3 is 1.95 bits per heavy atom. The van der Waals surface area contributed by atoms with Gasteiger partial charge in [-0.2, -0.15) is 0 Å². The number of hydrogen-bond donors (Lipinski definition) is 1. The van der Waals surface area contributed by atoms with E-state index in [1.165, 1.54) is 0 Å². The minimum Gasteiger partial charge on any atom is -0.379 e. The molecule has 1 saturated carbocycles. The van der Waals surface area contributed by atoms with Crippen molar-refractivity contribution in [2.45, 2.75) is 12.8 Å². The highest BCUT2D eigenvalue weighted by molar-refractivity contribution is 5.47. The summed E-state index contributed by atoms with van der Waals surface area (Å²) in [6, 6.07) is 0. The summed E-state index contributed by atoms with van der Waals surface area (Å²) in [5, 5.41) is 2.16. The maximum Gasteiger partial charge on any atom is 0.200 e. The van der Waals surface area contributed by atoms with E-state index in [9.17, 15) is 22.0 Å². The van der Waals surface area contributed by atoms with Crippen LogP contribution in [0.15, 0.2) is 0 Å². The Morgan fingerprint density at radius 1 is 0.895 bits per heavy atom. The molecule has 1 fully saturated rings. The Labute approximate surface area is 106 Å². The lowest BCUT2D eigenvalue weighted by molar-refractivity contribution is 0.133. The summed E-state index contributed by atoms with van der Waals surface area (Å²) in [5.41, 5.74) is -1.02. The fourth-order valence-corrected chi connectivity index (χ4v) is 1.54. The molecule has 1 aromatic rings. The van der Waals surface area contributed by atoms with Crippen LogP contribution in [0.25, 0.3) is 0 Å². The zero-order valence-electron chi connectivity index (χ0n) is 9.91. The lowest BCUT2D eigenvalue weighted by Crippen LogP contribution is -2.15. The van der Waals surface area contributed by atoms with Gasteiger partial charge < -0.3 is 10.1 Å². The van der Waals surface area contributed by atoms with Crippen LogP contribution in [0, 0.1) is 35.0 Å². The van der Waals surface area contributed by atoms with E-state index in [1.54, 1.807) is 0 Å². The summed E-state index contributed by atoms with van der Waals surface area (Å²) in [6.07, 6.45) is 2.20. The predicted molar refractivity (Wildman–Crippen MR) is 58.3 cm³/mol. The lowest BCUT2D eigenvalue weighted by atomic mass is 10.2. The van der Waals surface area contributed by atoms with Gasteiger partial charge in [-0.3, -0.25) is 0 Å². The molecule has 1 aromatic carbocycles. The Morgan fingerprint density at radius 2 is 1.42 bits per heavy atom. The van der Waals surface area contributed by atoms with Crippen molar-refractivity contribution >= 4 is 5.69 Å². The monoisotopic (exact) mass is 281 g/mol. The molecule has 19 heavy (non-hydrogen) atoms. The number of hydrogen-bond acceptors (Lipinski definition) is 2. The van der Waals surface area contributed by atoms with Gasteiger partial charge in [0.25, 0.3) is 0 Å². The van der Waals surface area contributed by atoms with Crippen molar-refractivity contribution in [1.82, 2.24) is 0 Å². The highest BCUT2D eigenvalue weighted by Crippen LogP contribution is 2.29. The van der Waals surface area contributed by atoms with Gasteiger partial charge in [-0.25, -0.2) is 22.0 Å². The Balaban J connectivity index is 1.94. The number of nitrogens with one attached hydrogen (secondary N) is 1. The van der Waals surface area contributed by atoms with Gasteiger partial charge >= 0.3 is 0 Å². The number of anilines is 1. The second-order valence-corrected chi connectivity index (χ2v) is 4.39. The second kappa shape index (κ2) is 5.73. The minimum absolute atomic E-state index is 0.0366. The SMILES string of the molecule is Fc1c(F)c(F)c(NCCOCC2CC2)c(F)c1F. The third-order valence-corrected chi connectivity index (χ3v) is 2.81. The van der Waals surface area contributed by atoms with E-state index in [4.69, 9.17) is 4.74 Å². The molecule has 7 heteroatoms. The van der Waals surface area contributed by atoms with Gasteiger partial charge in [0.2, 0.25) is 5.82 Å². The van der Waals surface area contributed by atoms with E-state index in [0.29, 0.717) is 12.5 Å². The van der Waals surface area contributed by atoms with Gasteiger partial charge in [-0.1, -0.05) is 0 Å². The Hall–Kier alpha value is -1.37. The molecule has 1 N–H and O–H groups in total. The number of rotatable bonds is 6.